The van der Waals surface area contributed by atoms with Crippen LogP contribution >= 0.6 is 0 Å². The van der Waals surface area contributed by atoms with Gasteiger partial charge in [0.05, 0.1) is 6.61 Å². The van der Waals surface area contributed by atoms with Gasteiger partial charge in [0.1, 0.15) is 5.82 Å². The SMILES string of the molecule is Cn1ccc(C(=O)Nc2cc(C#CCCO)ccn2)n1. The third kappa shape index (κ3) is 3.67. The molecule has 0 radical (unpaired) electrons. The molecule has 2 aromatic rings. The van der Waals surface area contributed by atoms with E-state index in [0.29, 0.717) is 17.9 Å². The quantitative estimate of drug-likeness (QED) is 0.808. The molecule has 2 N–H and O–H groups in total. The Balaban J connectivity index is 2.08. The van der Waals surface area contributed by atoms with Gasteiger partial charge >= 0.3 is 0 Å². The second kappa shape index (κ2) is 6.50. The van der Waals surface area contributed by atoms with E-state index in [1.54, 1.807) is 42.3 Å². The first-order valence-corrected chi connectivity index (χ1v) is 6.06. The van der Waals surface area contributed by atoms with E-state index in [9.17, 15) is 4.79 Å². The molecule has 0 fully saturated rings. The molecule has 0 aliphatic heterocycles. The number of aliphatic hydroxyl groups excluding tert-OH is 1. The molecular formula is C14H14N4O2. The normalized spacial score (nSPS) is 9.70. The van der Waals surface area contributed by atoms with Crippen molar-refractivity contribution >= 4 is 11.7 Å². The average molecular weight is 270 g/mol. The standard InChI is InChI=1S/C14H14N4O2/c1-18-8-6-12(17-18)14(20)16-13-10-11(5-7-15-13)4-2-3-9-19/h5-8,10,19H,3,9H2,1H3,(H,15,16,20). The van der Waals surface area contributed by atoms with Gasteiger partial charge in [-0.25, -0.2) is 4.98 Å². The zero-order chi connectivity index (χ0) is 14.4. The zero-order valence-electron chi connectivity index (χ0n) is 11.0. The molecular weight excluding hydrogens is 256 g/mol. The molecule has 0 aliphatic carbocycles. The van der Waals surface area contributed by atoms with Crippen molar-refractivity contribution in [3.8, 4) is 11.8 Å². The fourth-order valence-corrected chi connectivity index (χ4v) is 1.51. The summed E-state index contributed by atoms with van der Waals surface area (Å²) < 4.78 is 1.55. The Morgan fingerprint density at radius 3 is 3.05 bits per heavy atom. The molecule has 0 spiro atoms. The van der Waals surface area contributed by atoms with Crippen LogP contribution in [0, 0.1) is 11.8 Å². The molecule has 6 nitrogen and oxygen atoms in total. The van der Waals surface area contributed by atoms with Gasteiger partial charge in [-0.2, -0.15) is 5.10 Å². The average Bonchev–Trinajstić information content (AvgIpc) is 2.86. The number of pyridine rings is 1. The fourth-order valence-electron chi connectivity index (χ4n) is 1.51. The first-order valence-electron chi connectivity index (χ1n) is 6.06. The third-order valence-electron chi connectivity index (χ3n) is 2.42. The van der Waals surface area contributed by atoms with Crippen molar-refractivity contribution in [3.05, 3.63) is 41.9 Å². The maximum atomic E-state index is 11.9. The number of aryl methyl sites for hydroxylation is 1. The highest BCUT2D eigenvalue weighted by atomic mass is 16.2. The van der Waals surface area contributed by atoms with Crippen LogP contribution in [0.2, 0.25) is 0 Å². The van der Waals surface area contributed by atoms with Gasteiger partial charge in [0, 0.05) is 31.4 Å². The lowest BCUT2D eigenvalue weighted by molar-refractivity contribution is 0.102. The molecule has 0 atom stereocenters. The van der Waals surface area contributed by atoms with Crippen LogP contribution in [0.1, 0.15) is 22.5 Å². The van der Waals surface area contributed by atoms with E-state index in [4.69, 9.17) is 5.11 Å². The number of aromatic nitrogens is 3. The van der Waals surface area contributed by atoms with Gasteiger partial charge in [-0.3, -0.25) is 9.48 Å². The number of aliphatic hydroxyl groups is 1. The lowest BCUT2D eigenvalue weighted by Crippen LogP contribution is -2.14. The second-order valence-corrected chi connectivity index (χ2v) is 4.03. The van der Waals surface area contributed by atoms with Crippen molar-refractivity contribution in [2.75, 3.05) is 11.9 Å². The molecule has 0 saturated carbocycles. The summed E-state index contributed by atoms with van der Waals surface area (Å²) in [5.41, 5.74) is 1.05. The van der Waals surface area contributed by atoms with E-state index in [-0.39, 0.29) is 12.5 Å². The summed E-state index contributed by atoms with van der Waals surface area (Å²) in [6, 6.07) is 5.03. The number of rotatable bonds is 3. The van der Waals surface area contributed by atoms with Crippen LogP contribution < -0.4 is 5.32 Å². The summed E-state index contributed by atoms with van der Waals surface area (Å²) in [5.74, 6) is 5.79. The van der Waals surface area contributed by atoms with Gasteiger partial charge in [0.2, 0.25) is 0 Å². The first-order chi connectivity index (χ1) is 9.69. The van der Waals surface area contributed by atoms with Crippen LogP contribution in [0.25, 0.3) is 0 Å². The smallest absolute Gasteiger partial charge is 0.277 e. The number of hydrogen-bond acceptors (Lipinski definition) is 4. The van der Waals surface area contributed by atoms with Crippen molar-refractivity contribution < 1.29 is 9.90 Å². The minimum atomic E-state index is -0.321. The highest BCUT2D eigenvalue weighted by Gasteiger charge is 2.09. The number of carbonyl (C=O) groups is 1. The summed E-state index contributed by atoms with van der Waals surface area (Å²) in [7, 11) is 1.74. The van der Waals surface area contributed by atoms with E-state index in [0.717, 1.165) is 5.56 Å². The molecule has 0 bridgehead atoms. The molecule has 0 aliphatic rings. The van der Waals surface area contributed by atoms with Crippen LogP contribution in [0.15, 0.2) is 30.6 Å². The van der Waals surface area contributed by atoms with Crippen molar-refractivity contribution in [1.29, 1.82) is 0 Å². The van der Waals surface area contributed by atoms with Gasteiger partial charge in [-0.15, -0.1) is 0 Å². The summed E-state index contributed by atoms with van der Waals surface area (Å²) >= 11 is 0. The van der Waals surface area contributed by atoms with Crippen molar-refractivity contribution in [2.45, 2.75) is 6.42 Å². The number of amides is 1. The Bertz CT molecular complexity index is 667. The van der Waals surface area contributed by atoms with Crippen molar-refractivity contribution in [2.24, 2.45) is 7.05 Å². The van der Waals surface area contributed by atoms with E-state index in [1.165, 1.54) is 0 Å². The minimum absolute atomic E-state index is 0.0291. The number of nitrogens with zero attached hydrogens (tertiary/aromatic N) is 3. The summed E-state index contributed by atoms with van der Waals surface area (Å²) in [6.07, 6.45) is 3.67. The Morgan fingerprint density at radius 2 is 2.35 bits per heavy atom. The van der Waals surface area contributed by atoms with E-state index >= 15 is 0 Å². The van der Waals surface area contributed by atoms with Crippen molar-refractivity contribution in [1.82, 2.24) is 14.8 Å². The van der Waals surface area contributed by atoms with Crippen LogP contribution in [-0.4, -0.2) is 32.4 Å². The minimum Gasteiger partial charge on any atom is -0.395 e. The van der Waals surface area contributed by atoms with E-state index < -0.39 is 0 Å². The molecule has 102 valence electrons. The van der Waals surface area contributed by atoms with Crippen LogP contribution in [0.4, 0.5) is 5.82 Å². The van der Waals surface area contributed by atoms with Gasteiger partial charge in [-0.05, 0) is 18.2 Å². The van der Waals surface area contributed by atoms with Crippen LogP contribution in [-0.2, 0) is 7.05 Å². The lowest BCUT2D eigenvalue weighted by Gasteiger charge is -2.02. The molecule has 2 heterocycles. The van der Waals surface area contributed by atoms with Crippen LogP contribution in [0.3, 0.4) is 0 Å². The molecule has 1 amide bonds. The number of carbonyl (C=O) groups excluding carboxylic acids is 1. The Morgan fingerprint density at radius 1 is 1.50 bits per heavy atom. The molecule has 2 aromatic heterocycles. The predicted molar refractivity (Wildman–Crippen MR) is 74.0 cm³/mol. The van der Waals surface area contributed by atoms with E-state index in [2.05, 4.69) is 27.2 Å². The molecule has 2 rings (SSSR count). The molecule has 0 saturated heterocycles. The lowest BCUT2D eigenvalue weighted by atomic mass is 10.2. The van der Waals surface area contributed by atoms with Gasteiger partial charge in [-0.1, -0.05) is 11.8 Å². The topological polar surface area (TPSA) is 80.0 Å². The van der Waals surface area contributed by atoms with Gasteiger partial charge in [0.15, 0.2) is 5.69 Å². The van der Waals surface area contributed by atoms with Crippen LogP contribution in [0.5, 0.6) is 0 Å². The Labute approximate surface area is 116 Å². The molecule has 20 heavy (non-hydrogen) atoms. The largest absolute Gasteiger partial charge is 0.395 e. The highest BCUT2D eigenvalue weighted by Crippen LogP contribution is 2.07. The van der Waals surface area contributed by atoms with Gasteiger partial charge < -0.3 is 10.4 Å². The zero-order valence-corrected chi connectivity index (χ0v) is 11.0. The Hall–Kier alpha value is -2.65. The second-order valence-electron chi connectivity index (χ2n) is 4.03. The number of hydrogen-bond donors (Lipinski definition) is 2. The number of anilines is 1. The van der Waals surface area contributed by atoms with Gasteiger partial charge in [0.25, 0.3) is 5.91 Å². The molecule has 6 heteroatoms. The third-order valence-corrected chi connectivity index (χ3v) is 2.42. The van der Waals surface area contributed by atoms with Crippen molar-refractivity contribution in [3.63, 3.8) is 0 Å². The first kappa shape index (κ1) is 13.8. The number of nitrogens with one attached hydrogen (secondary N) is 1. The fraction of sp³-hybridized carbons (Fsp3) is 0.214. The summed E-state index contributed by atoms with van der Waals surface area (Å²) in [5, 5.41) is 15.3. The monoisotopic (exact) mass is 270 g/mol. The molecule has 0 unspecified atom stereocenters. The predicted octanol–water partition coefficient (Wildman–Crippen LogP) is 0.801. The molecule has 0 aromatic carbocycles. The maximum Gasteiger partial charge on any atom is 0.277 e. The summed E-state index contributed by atoms with van der Waals surface area (Å²) in [6.45, 7) is 0.0291. The highest BCUT2D eigenvalue weighted by molar-refractivity contribution is 6.02. The Kier molecular flexibility index (Phi) is 4.47. The summed E-state index contributed by atoms with van der Waals surface area (Å²) in [4.78, 5) is 16.0. The van der Waals surface area contributed by atoms with E-state index in [1.807, 2.05) is 0 Å². The maximum absolute atomic E-state index is 11.9.